The van der Waals surface area contributed by atoms with Crippen LogP contribution in [0.3, 0.4) is 0 Å². The third-order valence-corrected chi connectivity index (χ3v) is 5.42. The lowest BCUT2D eigenvalue weighted by molar-refractivity contribution is 0.0721. The third kappa shape index (κ3) is 2.94. The van der Waals surface area contributed by atoms with Crippen LogP contribution in [0.1, 0.15) is 48.2 Å². The number of thiophene rings is 1. The number of aliphatic hydroxyl groups excluding tert-OH is 1. The first kappa shape index (κ1) is 13.8. The molecular weight excluding hydrogens is 268 g/mol. The van der Waals surface area contributed by atoms with Gasteiger partial charge in [0, 0.05) is 4.70 Å². The zero-order chi connectivity index (χ0) is 13.9. The lowest BCUT2D eigenvalue weighted by Crippen LogP contribution is -2.20. The van der Waals surface area contributed by atoms with Gasteiger partial charge >= 0.3 is 0 Å². The summed E-state index contributed by atoms with van der Waals surface area (Å²) in [5, 5.41) is 11.2. The molecule has 1 saturated carbocycles. The minimum absolute atomic E-state index is 0.107. The van der Waals surface area contributed by atoms with Crippen molar-refractivity contribution in [2.45, 2.75) is 44.6 Å². The number of benzene rings is 1. The first-order valence-corrected chi connectivity index (χ1v) is 8.26. The van der Waals surface area contributed by atoms with Crippen molar-refractivity contribution in [2.24, 2.45) is 5.92 Å². The number of hydrogen-bond acceptors (Lipinski definition) is 3. The quantitative estimate of drug-likeness (QED) is 0.827. The van der Waals surface area contributed by atoms with E-state index in [4.69, 9.17) is 0 Å². The van der Waals surface area contributed by atoms with E-state index in [1.54, 1.807) is 0 Å². The highest BCUT2D eigenvalue weighted by atomic mass is 32.1. The van der Waals surface area contributed by atoms with Crippen LogP contribution >= 0.6 is 11.3 Å². The zero-order valence-corrected chi connectivity index (χ0v) is 12.4. The molecule has 1 aliphatic rings. The van der Waals surface area contributed by atoms with E-state index in [0.29, 0.717) is 11.3 Å². The average Bonchev–Trinajstić information content (AvgIpc) is 3.12. The molecule has 0 bridgehead atoms. The maximum atomic E-state index is 12.3. The van der Waals surface area contributed by atoms with Gasteiger partial charge in [-0.2, -0.15) is 0 Å². The van der Waals surface area contributed by atoms with E-state index in [2.05, 4.69) is 0 Å². The Balaban J connectivity index is 1.64. The Morgan fingerprint density at radius 2 is 2.05 bits per heavy atom. The van der Waals surface area contributed by atoms with E-state index in [9.17, 15) is 9.90 Å². The summed E-state index contributed by atoms with van der Waals surface area (Å²) in [5.41, 5.74) is 0. The molecule has 1 aliphatic carbocycles. The van der Waals surface area contributed by atoms with E-state index in [-0.39, 0.29) is 5.78 Å². The van der Waals surface area contributed by atoms with Gasteiger partial charge in [0.05, 0.1) is 4.88 Å². The Morgan fingerprint density at radius 1 is 1.30 bits per heavy atom. The van der Waals surface area contributed by atoms with Crippen molar-refractivity contribution in [3.63, 3.8) is 0 Å². The van der Waals surface area contributed by atoms with Crippen LogP contribution < -0.4 is 0 Å². The number of rotatable bonds is 5. The Labute approximate surface area is 123 Å². The number of aliphatic hydroxyl groups is 1. The fourth-order valence-corrected chi connectivity index (χ4v) is 4.14. The van der Waals surface area contributed by atoms with Crippen LogP contribution in [0.15, 0.2) is 30.3 Å². The van der Waals surface area contributed by atoms with Crippen LogP contribution in [0.25, 0.3) is 10.1 Å². The molecule has 1 heterocycles. The van der Waals surface area contributed by atoms with Gasteiger partial charge < -0.3 is 5.11 Å². The molecule has 1 aromatic carbocycles. The van der Waals surface area contributed by atoms with Crippen LogP contribution in [0.2, 0.25) is 0 Å². The molecule has 0 amide bonds. The Kier molecular flexibility index (Phi) is 4.18. The first-order valence-electron chi connectivity index (χ1n) is 7.45. The predicted molar refractivity (Wildman–Crippen MR) is 83.4 cm³/mol. The van der Waals surface area contributed by atoms with Gasteiger partial charge in [-0.1, -0.05) is 43.9 Å². The second kappa shape index (κ2) is 6.06. The number of carbonyl (C=O) groups excluding carboxylic acids is 1. The number of carbonyl (C=O) groups is 1. The topological polar surface area (TPSA) is 37.3 Å². The van der Waals surface area contributed by atoms with Crippen LogP contribution in [0.4, 0.5) is 0 Å². The van der Waals surface area contributed by atoms with Gasteiger partial charge in [-0.25, -0.2) is 0 Å². The maximum absolute atomic E-state index is 12.3. The van der Waals surface area contributed by atoms with E-state index in [1.165, 1.54) is 37.0 Å². The van der Waals surface area contributed by atoms with Gasteiger partial charge in [0.1, 0.15) is 6.10 Å². The summed E-state index contributed by atoms with van der Waals surface area (Å²) in [5.74, 6) is 0.615. The SMILES string of the molecule is O=C(c1cc2ccccc2s1)C(O)CCC1CCCC1. The Morgan fingerprint density at radius 3 is 2.80 bits per heavy atom. The van der Waals surface area contributed by atoms with Crippen molar-refractivity contribution >= 4 is 27.2 Å². The van der Waals surface area contributed by atoms with E-state index >= 15 is 0 Å². The second-order valence-corrected chi connectivity index (χ2v) is 6.84. The molecular formula is C17H20O2S. The standard InChI is InChI=1S/C17H20O2S/c18-14(10-9-12-5-1-2-6-12)17(19)16-11-13-7-3-4-8-15(13)20-16/h3-4,7-8,11-12,14,18H,1-2,5-6,9-10H2. The van der Waals surface area contributed by atoms with Gasteiger partial charge in [-0.3, -0.25) is 4.79 Å². The molecule has 20 heavy (non-hydrogen) atoms. The highest BCUT2D eigenvalue weighted by molar-refractivity contribution is 7.20. The number of fused-ring (bicyclic) bond motifs is 1. The van der Waals surface area contributed by atoms with Crippen LogP contribution in [0.5, 0.6) is 0 Å². The summed E-state index contributed by atoms with van der Waals surface area (Å²) in [4.78, 5) is 13.0. The molecule has 2 nitrogen and oxygen atoms in total. The van der Waals surface area contributed by atoms with Gasteiger partial charge in [-0.15, -0.1) is 11.3 Å². The summed E-state index contributed by atoms with van der Waals surface area (Å²) in [6.07, 6.45) is 5.92. The molecule has 0 spiro atoms. The second-order valence-electron chi connectivity index (χ2n) is 5.76. The molecule has 2 aromatic rings. The van der Waals surface area contributed by atoms with Crippen molar-refractivity contribution in [3.8, 4) is 0 Å². The van der Waals surface area contributed by atoms with Gasteiger partial charge in [0.2, 0.25) is 5.78 Å². The van der Waals surface area contributed by atoms with Crippen molar-refractivity contribution < 1.29 is 9.90 Å². The largest absolute Gasteiger partial charge is 0.385 e. The Bertz CT molecular complexity index is 563. The molecule has 1 fully saturated rings. The number of hydrogen-bond donors (Lipinski definition) is 1. The van der Waals surface area contributed by atoms with E-state index < -0.39 is 6.10 Å². The van der Waals surface area contributed by atoms with Crippen molar-refractivity contribution in [2.75, 3.05) is 0 Å². The normalized spacial score (nSPS) is 17.6. The zero-order valence-electron chi connectivity index (χ0n) is 11.5. The lowest BCUT2D eigenvalue weighted by atomic mass is 9.98. The minimum atomic E-state index is -0.830. The molecule has 1 N–H and O–H groups in total. The predicted octanol–water partition coefficient (Wildman–Crippen LogP) is 4.42. The minimum Gasteiger partial charge on any atom is -0.385 e. The van der Waals surface area contributed by atoms with E-state index in [1.807, 2.05) is 30.3 Å². The van der Waals surface area contributed by atoms with E-state index in [0.717, 1.165) is 22.4 Å². The monoisotopic (exact) mass is 288 g/mol. The maximum Gasteiger partial charge on any atom is 0.201 e. The highest BCUT2D eigenvalue weighted by Crippen LogP contribution is 2.30. The fraction of sp³-hybridized carbons (Fsp3) is 0.471. The fourth-order valence-electron chi connectivity index (χ4n) is 3.09. The summed E-state index contributed by atoms with van der Waals surface area (Å²) < 4.78 is 1.11. The van der Waals surface area contributed by atoms with Gasteiger partial charge in [0.15, 0.2) is 0 Å². The third-order valence-electron chi connectivity index (χ3n) is 4.29. The van der Waals surface area contributed by atoms with Crippen LogP contribution in [-0.2, 0) is 0 Å². The number of Topliss-reactive ketones (excluding diaryl/α,β-unsaturated/α-hetero) is 1. The molecule has 106 valence electrons. The van der Waals surface area contributed by atoms with Gasteiger partial charge in [-0.05, 0) is 36.3 Å². The molecule has 1 atom stereocenters. The molecule has 1 unspecified atom stereocenters. The smallest absolute Gasteiger partial charge is 0.201 e. The summed E-state index contributed by atoms with van der Waals surface area (Å²) in [6.45, 7) is 0. The highest BCUT2D eigenvalue weighted by Gasteiger charge is 2.22. The average molecular weight is 288 g/mol. The van der Waals surface area contributed by atoms with Crippen molar-refractivity contribution in [1.82, 2.24) is 0 Å². The molecule has 1 aromatic heterocycles. The van der Waals surface area contributed by atoms with Crippen molar-refractivity contribution in [3.05, 3.63) is 35.2 Å². The summed E-state index contributed by atoms with van der Waals surface area (Å²) in [7, 11) is 0. The molecule has 3 rings (SSSR count). The van der Waals surface area contributed by atoms with Crippen LogP contribution in [-0.4, -0.2) is 17.0 Å². The van der Waals surface area contributed by atoms with Crippen molar-refractivity contribution in [1.29, 1.82) is 0 Å². The Hall–Kier alpha value is -1.19. The lowest BCUT2D eigenvalue weighted by Gasteiger charge is -2.12. The molecule has 3 heteroatoms. The molecule has 0 radical (unpaired) electrons. The van der Waals surface area contributed by atoms with Crippen LogP contribution in [0, 0.1) is 5.92 Å². The molecule has 0 aliphatic heterocycles. The first-order chi connectivity index (χ1) is 9.74. The molecule has 0 saturated heterocycles. The number of ketones is 1. The summed E-state index contributed by atoms with van der Waals surface area (Å²) in [6, 6.07) is 9.87. The van der Waals surface area contributed by atoms with Gasteiger partial charge in [0.25, 0.3) is 0 Å². The summed E-state index contributed by atoms with van der Waals surface area (Å²) >= 11 is 1.48.